The predicted molar refractivity (Wildman–Crippen MR) is 92.3 cm³/mol. The van der Waals surface area contributed by atoms with Crippen molar-refractivity contribution in [3.63, 3.8) is 0 Å². The van der Waals surface area contributed by atoms with Crippen LogP contribution >= 0.6 is 28.3 Å². The first kappa shape index (κ1) is 16.9. The van der Waals surface area contributed by atoms with Crippen LogP contribution in [0.15, 0.2) is 53.3 Å². The van der Waals surface area contributed by atoms with Crippen LogP contribution in [0.1, 0.15) is 22.0 Å². The number of rotatable bonds is 2. The minimum absolute atomic E-state index is 0. The fraction of sp³-hybridized carbons (Fsp3) is 0.250. The summed E-state index contributed by atoms with van der Waals surface area (Å²) >= 11 is 3.40. The molecule has 2 heterocycles. The summed E-state index contributed by atoms with van der Waals surface area (Å²) in [7, 11) is 0. The smallest absolute Gasteiger partial charge is 0.254 e. The first-order valence-corrected chi connectivity index (χ1v) is 7.72. The highest BCUT2D eigenvalue weighted by molar-refractivity contribution is 9.10. The van der Waals surface area contributed by atoms with E-state index in [2.05, 4.69) is 26.2 Å². The lowest BCUT2D eigenvalue weighted by Crippen LogP contribution is -2.48. The van der Waals surface area contributed by atoms with E-state index in [9.17, 15) is 4.79 Å². The topological polar surface area (TPSA) is 45.2 Å². The summed E-state index contributed by atoms with van der Waals surface area (Å²) in [6.45, 7) is 2.28. The van der Waals surface area contributed by atoms with E-state index < -0.39 is 0 Å². The van der Waals surface area contributed by atoms with Crippen LogP contribution < -0.4 is 5.32 Å². The van der Waals surface area contributed by atoms with Crippen LogP contribution in [0.2, 0.25) is 0 Å². The van der Waals surface area contributed by atoms with Crippen molar-refractivity contribution in [3.8, 4) is 0 Å². The Morgan fingerprint density at radius 3 is 2.73 bits per heavy atom. The molecule has 0 radical (unpaired) electrons. The lowest BCUT2D eigenvalue weighted by Gasteiger charge is -2.36. The molecule has 1 saturated heterocycles. The predicted octanol–water partition coefficient (Wildman–Crippen LogP) is 3.05. The van der Waals surface area contributed by atoms with Crippen LogP contribution in [0.5, 0.6) is 0 Å². The number of amides is 1. The average molecular weight is 383 g/mol. The van der Waals surface area contributed by atoms with Crippen LogP contribution in [0.3, 0.4) is 0 Å². The van der Waals surface area contributed by atoms with Crippen molar-refractivity contribution in [3.05, 3.63) is 64.4 Å². The summed E-state index contributed by atoms with van der Waals surface area (Å²) < 4.78 is 0.975. The standard InChI is InChI=1S/C16H16BrN3O.ClH/c17-14-5-3-12(4-6-14)16(21)20-9-8-19-11-15(20)13-2-1-7-18-10-13;/h1-7,10,15,19H,8-9,11H2;1H. The van der Waals surface area contributed by atoms with Gasteiger partial charge in [0.25, 0.3) is 5.91 Å². The Bertz CT molecular complexity index is 621. The van der Waals surface area contributed by atoms with Crippen molar-refractivity contribution in [2.45, 2.75) is 6.04 Å². The highest BCUT2D eigenvalue weighted by Gasteiger charge is 2.28. The van der Waals surface area contributed by atoms with Crippen LogP contribution in [0.25, 0.3) is 0 Å². The Balaban J connectivity index is 0.00000176. The molecule has 116 valence electrons. The maximum absolute atomic E-state index is 12.8. The maximum atomic E-state index is 12.8. The van der Waals surface area contributed by atoms with Gasteiger partial charge in [0.05, 0.1) is 6.04 Å². The number of aromatic nitrogens is 1. The lowest BCUT2D eigenvalue weighted by atomic mass is 10.0. The van der Waals surface area contributed by atoms with Gasteiger partial charge in [-0.2, -0.15) is 0 Å². The van der Waals surface area contributed by atoms with Crippen LogP contribution in [0.4, 0.5) is 0 Å². The normalized spacial score (nSPS) is 17.7. The van der Waals surface area contributed by atoms with E-state index in [0.29, 0.717) is 12.1 Å². The van der Waals surface area contributed by atoms with Gasteiger partial charge >= 0.3 is 0 Å². The zero-order valence-corrected chi connectivity index (χ0v) is 14.3. The van der Waals surface area contributed by atoms with Crippen molar-refractivity contribution >= 4 is 34.2 Å². The molecule has 1 fully saturated rings. The second kappa shape index (κ2) is 7.72. The van der Waals surface area contributed by atoms with Gasteiger partial charge in [-0.1, -0.05) is 22.0 Å². The quantitative estimate of drug-likeness (QED) is 0.868. The van der Waals surface area contributed by atoms with E-state index in [-0.39, 0.29) is 24.4 Å². The van der Waals surface area contributed by atoms with Crippen molar-refractivity contribution in [2.24, 2.45) is 0 Å². The van der Waals surface area contributed by atoms with Crippen LogP contribution in [-0.2, 0) is 0 Å². The molecule has 1 aromatic carbocycles. The summed E-state index contributed by atoms with van der Waals surface area (Å²) in [6.07, 6.45) is 3.58. The van der Waals surface area contributed by atoms with E-state index in [1.54, 1.807) is 6.20 Å². The highest BCUT2D eigenvalue weighted by Crippen LogP contribution is 2.24. The van der Waals surface area contributed by atoms with Gasteiger partial charge in [0.1, 0.15) is 0 Å². The Kier molecular flexibility index (Phi) is 5.94. The monoisotopic (exact) mass is 381 g/mol. The van der Waals surface area contributed by atoms with E-state index in [1.165, 1.54) is 0 Å². The summed E-state index contributed by atoms with van der Waals surface area (Å²) in [6, 6.07) is 11.5. The minimum Gasteiger partial charge on any atom is -0.329 e. The van der Waals surface area contributed by atoms with E-state index in [4.69, 9.17) is 0 Å². The molecular weight excluding hydrogens is 366 g/mol. The number of benzene rings is 1. The molecular formula is C16H17BrClN3O. The third kappa shape index (κ3) is 3.66. The average Bonchev–Trinajstić information content (AvgIpc) is 2.56. The van der Waals surface area contributed by atoms with Gasteiger partial charge in [0.15, 0.2) is 0 Å². The highest BCUT2D eigenvalue weighted by atomic mass is 79.9. The van der Waals surface area contributed by atoms with Crippen LogP contribution in [-0.4, -0.2) is 35.4 Å². The number of halogens is 2. The Labute approximate surface area is 144 Å². The zero-order chi connectivity index (χ0) is 14.7. The molecule has 1 N–H and O–H groups in total. The van der Waals surface area contributed by atoms with Gasteiger partial charge < -0.3 is 10.2 Å². The summed E-state index contributed by atoms with van der Waals surface area (Å²) in [4.78, 5) is 18.9. The third-order valence-electron chi connectivity index (χ3n) is 3.66. The molecule has 6 heteroatoms. The number of pyridine rings is 1. The third-order valence-corrected chi connectivity index (χ3v) is 4.19. The summed E-state index contributed by atoms with van der Waals surface area (Å²) in [5.41, 5.74) is 1.78. The molecule has 0 saturated carbocycles. The molecule has 1 unspecified atom stereocenters. The Hall–Kier alpha value is -1.43. The molecule has 0 spiro atoms. The zero-order valence-electron chi connectivity index (χ0n) is 11.9. The van der Waals surface area contributed by atoms with E-state index >= 15 is 0 Å². The van der Waals surface area contributed by atoms with Gasteiger partial charge in [0, 0.05) is 42.1 Å². The number of nitrogens with zero attached hydrogens (tertiary/aromatic N) is 2. The molecule has 3 rings (SSSR count). The molecule has 22 heavy (non-hydrogen) atoms. The van der Waals surface area contributed by atoms with Gasteiger partial charge in [-0.3, -0.25) is 9.78 Å². The Morgan fingerprint density at radius 1 is 1.27 bits per heavy atom. The van der Waals surface area contributed by atoms with Crippen molar-refractivity contribution in [1.29, 1.82) is 0 Å². The van der Waals surface area contributed by atoms with Crippen LogP contribution in [0, 0.1) is 0 Å². The second-order valence-electron chi connectivity index (χ2n) is 5.01. The van der Waals surface area contributed by atoms with Gasteiger partial charge in [-0.15, -0.1) is 12.4 Å². The molecule has 0 bridgehead atoms. The minimum atomic E-state index is 0. The first-order valence-electron chi connectivity index (χ1n) is 6.93. The van der Waals surface area contributed by atoms with Crippen molar-refractivity contribution in [1.82, 2.24) is 15.2 Å². The summed E-state index contributed by atoms with van der Waals surface area (Å²) in [5.74, 6) is 0.0675. The van der Waals surface area contributed by atoms with Crippen molar-refractivity contribution < 1.29 is 4.79 Å². The number of piperazine rings is 1. The lowest BCUT2D eigenvalue weighted by molar-refractivity contribution is 0.0634. The number of nitrogens with one attached hydrogen (secondary N) is 1. The molecule has 1 aliphatic rings. The number of hydrogen-bond acceptors (Lipinski definition) is 3. The van der Waals surface area contributed by atoms with Gasteiger partial charge in [-0.05, 0) is 35.9 Å². The largest absolute Gasteiger partial charge is 0.329 e. The fourth-order valence-corrected chi connectivity index (χ4v) is 2.84. The molecule has 1 amide bonds. The first-order chi connectivity index (χ1) is 10.3. The molecule has 1 aliphatic heterocycles. The number of hydrogen-bond donors (Lipinski definition) is 1. The van der Waals surface area contributed by atoms with Crippen molar-refractivity contribution in [2.75, 3.05) is 19.6 Å². The van der Waals surface area contributed by atoms with E-state index in [0.717, 1.165) is 23.1 Å². The SMILES string of the molecule is Cl.O=C(c1ccc(Br)cc1)N1CCNCC1c1cccnc1. The van der Waals surface area contributed by atoms with E-state index in [1.807, 2.05) is 47.5 Å². The number of carbonyl (C=O) groups excluding carboxylic acids is 1. The molecule has 1 atom stereocenters. The fourth-order valence-electron chi connectivity index (χ4n) is 2.58. The Morgan fingerprint density at radius 2 is 2.05 bits per heavy atom. The second-order valence-corrected chi connectivity index (χ2v) is 5.93. The molecule has 2 aromatic rings. The molecule has 4 nitrogen and oxygen atoms in total. The maximum Gasteiger partial charge on any atom is 0.254 e. The van der Waals surface area contributed by atoms with Gasteiger partial charge in [0.2, 0.25) is 0 Å². The van der Waals surface area contributed by atoms with Gasteiger partial charge in [-0.25, -0.2) is 0 Å². The molecule has 1 aromatic heterocycles. The molecule has 0 aliphatic carbocycles. The summed E-state index contributed by atoms with van der Waals surface area (Å²) in [5, 5.41) is 3.35. The number of carbonyl (C=O) groups is 1.